The number of hydrogen-bond donors (Lipinski definition) is 2. The van der Waals surface area contributed by atoms with E-state index in [1.54, 1.807) is 10.9 Å². The largest absolute Gasteiger partial charge is 0.467 e. The highest BCUT2D eigenvalue weighted by molar-refractivity contribution is 7.71. The summed E-state index contributed by atoms with van der Waals surface area (Å²) in [6, 6.07) is 3.74. The van der Waals surface area contributed by atoms with Crippen molar-refractivity contribution in [3.63, 3.8) is 0 Å². The van der Waals surface area contributed by atoms with Crippen LogP contribution in [0, 0.1) is 11.7 Å². The minimum absolute atomic E-state index is 0.550. The lowest BCUT2D eigenvalue weighted by atomic mass is 10.5. The van der Waals surface area contributed by atoms with Crippen LogP contribution >= 0.6 is 12.2 Å². The van der Waals surface area contributed by atoms with Gasteiger partial charge in [0.25, 0.3) is 0 Å². The van der Waals surface area contributed by atoms with E-state index in [4.69, 9.17) is 16.6 Å². The molecule has 0 radical (unpaired) electrons. The second-order valence-corrected chi connectivity index (χ2v) is 3.21. The summed E-state index contributed by atoms with van der Waals surface area (Å²) in [4.78, 5) is 0. The Morgan fingerprint density at radius 1 is 1.71 bits per heavy atom. The predicted molar refractivity (Wildman–Crippen MR) is 53.9 cm³/mol. The Hall–Kier alpha value is -1.56. The van der Waals surface area contributed by atoms with Gasteiger partial charge in [0.05, 0.1) is 12.8 Å². The number of H-pyrrole nitrogens is 1. The van der Waals surface area contributed by atoms with Gasteiger partial charge in [0.15, 0.2) is 0 Å². The van der Waals surface area contributed by atoms with Gasteiger partial charge in [-0.15, -0.1) is 0 Å². The molecule has 0 spiro atoms. The van der Waals surface area contributed by atoms with E-state index >= 15 is 0 Å². The Bertz CT molecular complexity index is 456. The maximum atomic E-state index is 5.17. The number of aromatic amines is 1. The molecule has 0 aliphatic rings. The molecule has 0 unspecified atom stereocenters. The van der Waals surface area contributed by atoms with Crippen LogP contribution in [-0.4, -0.2) is 14.9 Å². The standard InChI is InChI=1S/C8H10N4OS/c1-6-10-11-8(14)12(6)9-5-7-3-2-4-13-7/h2-4,9H,5H2,1H3,(H,11,14). The third kappa shape index (κ3) is 1.69. The van der Waals surface area contributed by atoms with Crippen LogP contribution in [-0.2, 0) is 6.54 Å². The monoisotopic (exact) mass is 210 g/mol. The van der Waals surface area contributed by atoms with Gasteiger partial charge in [0, 0.05) is 0 Å². The average molecular weight is 210 g/mol. The molecule has 0 bridgehead atoms. The van der Waals surface area contributed by atoms with Crippen LogP contribution in [0.5, 0.6) is 0 Å². The zero-order valence-electron chi connectivity index (χ0n) is 7.65. The van der Waals surface area contributed by atoms with E-state index in [1.165, 1.54) is 0 Å². The van der Waals surface area contributed by atoms with Crippen molar-refractivity contribution in [1.82, 2.24) is 14.9 Å². The number of aryl methyl sites for hydroxylation is 1. The van der Waals surface area contributed by atoms with Crippen molar-refractivity contribution >= 4 is 12.2 Å². The summed E-state index contributed by atoms with van der Waals surface area (Å²) in [6.45, 7) is 2.45. The highest BCUT2D eigenvalue weighted by Gasteiger charge is 2.00. The molecular formula is C8H10N4OS. The fourth-order valence-electron chi connectivity index (χ4n) is 1.13. The highest BCUT2D eigenvalue weighted by atomic mass is 32.1. The fourth-order valence-corrected chi connectivity index (χ4v) is 1.37. The summed E-state index contributed by atoms with van der Waals surface area (Å²) in [5.41, 5.74) is 3.09. The van der Waals surface area contributed by atoms with Crippen molar-refractivity contribution in [2.24, 2.45) is 0 Å². The minimum atomic E-state index is 0.550. The first-order chi connectivity index (χ1) is 6.77. The first-order valence-corrected chi connectivity index (χ1v) is 4.58. The number of nitrogens with one attached hydrogen (secondary N) is 2. The molecule has 2 N–H and O–H groups in total. The van der Waals surface area contributed by atoms with Gasteiger partial charge in [0.2, 0.25) is 4.77 Å². The zero-order chi connectivity index (χ0) is 9.97. The summed E-state index contributed by atoms with van der Waals surface area (Å²) < 4.78 is 7.43. The van der Waals surface area contributed by atoms with Gasteiger partial charge in [0.1, 0.15) is 11.6 Å². The maximum absolute atomic E-state index is 5.17. The van der Waals surface area contributed by atoms with Gasteiger partial charge >= 0.3 is 0 Å². The normalized spacial score (nSPS) is 10.4. The SMILES string of the molecule is Cc1n[nH]c(=S)n1NCc1ccco1. The van der Waals surface area contributed by atoms with Crippen LogP contribution < -0.4 is 5.43 Å². The topological polar surface area (TPSA) is 58.8 Å². The summed E-state index contributed by atoms with van der Waals surface area (Å²) >= 11 is 5.02. The van der Waals surface area contributed by atoms with Crippen molar-refractivity contribution in [3.8, 4) is 0 Å². The molecule has 2 aromatic rings. The lowest BCUT2D eigenvalue weighted by Crippen LogP contribution is -2.15. The summed E-state index contributed by atoms with van der Waals surface area (Å²) in [5, 5.41) is 6.66. The van der Waals surface area contributed by atoms with E-state index in [9.17, 15) is 0 Å². The van der Waals surface area contributed by atoms with Gasteiger partial charge < -0.3 is 9.84 Å². The Morgan fingerprint density at radius 2 is 2.57 bits per heavy atom. The molecule has 0 saturated carbocycles. The molecule has 0 amide bonds. The third-order valence-corrected chi connectivity index (χ3v) is 2.11. The van der Waals surface area contributed by atoms with E-state index in [2.05, 4.69) is 15.6 Å². The highest BCUT2D eigenvalue weighted by Crippen LogP contribution is 2.00. The van der Waals surface area contributed by atoms with E-state index in [1.807, 2.05) is 19.1 Å². The third-order valence-electron chi connectivity index (χ3n) is 1.83. The quantitative estimate of drug-likeness (QED) is 0.755. The van der Waals surface area contributed by atoms with Crippen molar-refractivity contribution < 1.29 is 4.42 Å². The molecule has 0 atom stereocenters. The van der Waals surface area contributed by atoms with Gasteiger partial charge in [-0.25, -0.2) is 4.68 Å². The van der Waals surface area contributed by atoms with Crippen LogP contribution in [0.2, 0.25) is 0 Å². The van der Waals surface area contributed by atoms with Crippen molar-refractivity contribution in [2.45, 2.75) is 13.5 Å². The molecule has 14 heavy (non-hydrogen) atoms. The molecule has 0 aliphatic heterocycles. The van der Waals surface area contributed by atoms with Crippen LogP contribution in [0.3, 0.4) is 0 Å². The first kappa shape index (κ1) is 9.01. The molecule has 2 aromatic heterocycles. The van der Waals surface area contributed by atoms with E-state index in [0.29, 0.717) is 11.3 Å². The fraction of sp³-hybridized carbons (Fsp3) is 0.250. The van der Waals surface area contributed by atoms with Crippen LogP contribution in [0.25, 0.3) is 0 Å². The molecule has 0 aliphatic carbocycles. The van der Waals surface area contributed by atoms with Crippen molar-refractivity contribution in [3.05, 3.63) is 34.8 Å². The molecule has 0 aromatic carbocycles. The molecule has 0 fully saturated rings. The Kier molecular flexibility index (Phi) is 2.36. The van der Waals surface area contributed by atoms with Crippen molar-refractivity contribution in [2.75, 3.05) is 5.43 Å². The molecule has 5 nitrogen and oxygen atoms in total. The molecule has 74 valence electrons. The zero-order valence-corrected chi connectivity index (χ0v) is 8.47. The molecule has 6 heteroatoms. The summed E-state index contributed by atoms with van der Waals surface area (Å²) in [7, 11) is 0. The predicted octanol–water partition coefficient (Wildman–Crippen LogP) is 1.59. The molecular weight excluding hydrogens is 200 g/mol. The lowest BCUT2D eigenvalue weighted by Gasteiger charge is -2.05. The average Bonchev–Trinajstić information content (AvgIpc) is 2.76. The van der Waals surface area contributed by atoms with Gasteiger partial charge in [-0.1, -0.05) is 0 Å². The number of nitrogens with zero attached hydrogens (tertiary/aromatic N) is 2. The van der Waals surface area contributed by atoms with Crippen LogP contribution in [0.1, 0.15) is 11.6 Å². The Morgan fingerprint density at radius 3 is 3.14 bits per heavy atom. The molecule has 0 saturated heterocycles. The minimum Gasteiger partial charge on any atom is -0.467 e. The molecule has 2 heterocycles. The number of aromatic nitrogens is 3. The molecule has 2 rings (SSSR count). The number of furan rings is 1. The van der Waals surface area contributed by atoms with E-state index in [-0.39, 0.29) is 0 Å². The van der Waals surface area contributed by atoms with E-state index < -0.39 is 0 Å². The smallest absolute Gasteiger partial charge is 0.214 e. The maximum Gasteiger partial charge on any atom is 0.214 e. The number of rotatable bonds is 3. The lowest BCUT2D eigenvalue weighted by molar-refractivity contribution is 0.509. The Labute approximate surface area is 85.7 Å². The second-order valence-electron chi connectivity index (χ2n) is 2.83. The number of hydrogen-bond acceptors (Lipinski definition) is 4. The van der Waals surface area contributed by atoms with Gasteiger partial charge in [-0.3, -0.25) is 5.10 Å². The van der Waals surface area contributed by atoms with Gasteiger partial charge in [-0.2, -0.15) is 5.10 Å². The first-order valence-electron chi connectivity index (χ1n) is 4.17. The van der Waals surface area contributed by atoms with Crippen LogP contribution in [0.4, 0.5) is 0 Å². The second kappa shape index (κ2) is 3.67. The van der Waals surface area contributed by atoms with Crippen LogP contribution in [0.15, 0.2) is 22.8 Å². The summed E-state index contributed by atoms with van der Waals surface area (Å²) in [6.07, 6.45) is 1.64. The van der Waals surface area contributed by atoms with Crippen molar-refractivity contribution in [1.29, 1.82) is 0 Å². The Balaban J connectivity index is 2.09. The van der Waals surface area contributed by atoms with E-state index in [0.717, 1.165) is 11.6 Å². The van der Waals surface area contributed by atoms with Gasteiger partial charge in [-0.05, 0) is 31.3 Å². The summed E-state index contributed by atoms with van der Waals surface area (Å²) in [5.74, 6) is 1.65.